The number of nitrogen functional groups attached to an aromatic ring is 1. The van der Waals surface area contributed by atoms with Gasteiger partial charge in [0, 0.05) is 20.2 Å². The predicted molar refractivity (Wildman–Crippen MR) is 79.1 cm³/mol. The van der Waals surface area contributed by atoms with Gasteiger partial charge in [-0.05, 0) is 43.7 Å². The van der Waals surface area contributed by atoms with Crippen LogP contribution in [0, 0.1) is 5.92 Å². The summed E-state index contributed by atoms with van der Waals surface area (Å²) in [6.45, 7) is 2.68. The van der Waals surface area contributed by atoms with Crippen LogP contribution in [0.5, 0.6) is 5.88 Å². The van der Waals surface area contributed by atoms with Crippen LogP contribution in [-0.2, 0) is 4.74 Å². The van der Waals surface area contributed by atoms with E-state index in [9.17, 15) is 0 Å². The maximum absolute atomic E-state index is 5.94. The average molecular weight is 277 g/mol. The van der Waals surface area contributed by atoms with Gasteiger partial charge in [0.1, 0.15) is 5.82 Å². The molecule has 5 heteroatoms. The molecule has 0 bridgehead atoms. The molecule has 110 valence electrons. The smallest absolute Gasteiger partial charge is 0.239 e. The molecule has 2 N–H and O–H groups in total. The number of aromatic nitrogens is 1. The van der Waals surface area contributed by atoms with E-state index in [2.05, 4.69) is 9.88 Å². The third-order valence-corrected chi connectivity index (χ3v) is 4.13. The monoisotopic (exact) mass is 277 g/mol. The van der Waals surface area contributed by atoms with Gasteiger partial charge in [-0.15, -0.1) is 0 Å². The molecule has 1 aromatic rings. The number of pyridine rings is 1. The van der Waals surface area contributed by atoms with Gasteiger partial charge < -0.3 is 20.1 Å². The number of hydrogen-bond acceptors (Lipinski definition) is 5. The minimum absolute atomic E-state index is 0.380. The molecule has 2 aliphatic rings. The summed E-state index contributed by atoms with van der Waals surface area (Å²) in [6, 6.07) is 3.87. The fraction of sp³-hybridized carbons (Fsp3) is 0.667. The Balaban J connectivity index is 1.65. The summed E-state index contributed by atoms with van der Waals surface area (Å²) < 4.78 is 11.1. The van der Waals surface area contributed by atoms with Crippen LogP contribution in [0.15, 0.2) is 12.1 Å². The van der Waals surface area contributed by atoms with Crippen LogP contribution < -0.4 is 15.4 Å². The largest absolute Gasteiger partial charge is 0.476 e. The van der Waals surface area contributed by atoms with Crippen LogP contribution in [0.25, 0.3) is 0 Å². The van der Waals surface area contributed by atoms with Crippen molar-refractivity contribution < 1.29 is 9.47 Å². The Bertz CT molecular complexity index is 454. The molecule has 1 aliphatic carbocycles. The van der Waals surface area contributed by atoms with E-state index >= 15 is 0 Å². The lowest BCUT2D eigenvalue weighted by Gasteiger charge is -2.32. The fourth-order valence-corrected chi connectivity index (χ4v) is 2.54. The first-order chi connectivity index (χ1) is 9.76. The quantitative estimate of drug-likeness (QED) is 0.892. The molecular weight excluding hydrogens is 254 g/mol. The number of anilines is 2. The summed E-state index contributed by atoms with van der Waals surface area (Å²) in [5.41, 5.74) is 6.57. The number of rotatable bonds is 5. The molecule has 3 rings (SSSR count). The molecule has 2 fully saturated rings. The lowest BCUT2D eigenvalue weighted by Crippen LogP contribution is -2.37. The molecule has 0 atom stereocenters. The van der Waals surface area contributed by atoms with E-state index < -0.39 is 0 Å². The maximum atomic E-state index is 5.94. The third-order valence-electron chi connectivity index (χ3n) is 4.13. The first-order valence-electron chi connectivity index (χ1n) is 7.43. The van der Waals surface area contributed by atoms with Crippen molar-refractivity contribution in [3.63, 3.8) is 0 Å². The molecule has 2 heterocycles. The molecule has 0 aromatic carbocycles. The maximum Gasteiger partial charge on any atom is 0.239 e. The average Bonchev–Trinajstić information content (AvgIpc) is 3.31. The minimum Gasteiger partial charge on any atom is -0.476 e. The van der Waals surface area contributed by atoms with E-state index in [1.807, 2.05) is 12.1 Å². The number of ether oxygens (including phenoxy) is 2. The molecule has 1 aromatic heterocycles. The molecule has 1 aliphatic heterocycles. The lowest BCUT2D eigenvalue weighted by atomic mass is 10.1. The van der Waals surface area contributed by atoms with Crippen molar-refractivity contribution in [2.75, 3.05) is 37.4 Å². The van der Waals surface area contributed by atoms with Gasteiger partial charge in [0.05, 0.1) is 18.4 Å². The van der Waals surface area contributed by atoms with Gasteiger partial charge in [-0.25, -0.2) is 0 Å². The van der Waals surface area contributed by atoms with E-state index in [-0.39, 0.29) is 0 Å². The van der Waals surface area contributed by atoms with Gasteiger partial charge in [-0.1, -0.05) is 0 Å². The van der Waals surface area contributed by atoms with Crippen molar-refractivity contribution in [2.24, 2.45) is 5.92 Å². The number of hydrogen-bond donors (Lipinski definition) is 1. The van der Waals surface area contributed by atoms with Crippen molar-refractivity contribution in [2.45, 2.75) is 31.8 Å². The van der Waals surface area contributed by atoms with E-state index in [4.69, 9.17) is 15.2 Å². The van der Waals surface area contributed by atoms with Gasteiger partial charge in [-0.3, -0.25) is 0 Å². The highest BCUT2D eigenvalue weighted by Gasteiger charge is 2.23. The fourth-order valence-electron chi connectivity index (χ4n) is 2.54. The van der Waals surface area contributed by atoms with Crippen LogP contribution in [0.3, 0.4) is 0 Å². The third kappa shape index (κ3) is 3.15. The second-order valence-corrected chi connectivity index (χ2v) is 5.74. The Morgan fingerprint density at radius 3 is 2.65 bits per heavy atom. The Labute approximate surface area is 120 Å². The highest BCUT2D eigenvalue weighted by Crippen LogP contribution is 2.31. The molecule has 0 amide bonds. The van der Waals surface area contributed by atoms with Crippen LogP contribution in [-0.4, -0.2) is 37.9 Å². The van der Waals surface area contributed by atoms with Crippen LogP contribution in [0.1, 0.15) is 25.7 Å². The summed E-state index contributed by atoms with van der Waals surface area (Å²) >= 11 is 0. The normalized spacial score (nSPS) is 20.1. The highest BCUT2D eigenvalue weighted by atomic mass is 16.5. The van der Waals surface area contributed by atoms with Gasteiger partial charge in [0.2, 0.25) is 5.88 Å². The van der Waals surface area contributed by atoms with Crippen molar-refractivity contribution in [3.05, 3.63) is 12.1 Å². The number of nitrogens with two attached hydrogens (primary N) is 1. The van der Waals surface area contributed by atoms with Crippen molar-refractivity contribution >= 4 is 11.5 Å². The van der Waals surface area contributed by atoms with E-state index in [1.54, 1.807) is 7.11 Å². The van der Waals surface area contributed by atoms with Gasteiger partial charge in [0.15, 0.2) is 0 Å². The summed E-state index contributed by atoms with van der Waals surface area (Å²) in [6.07, 6.45) is 5.00. The summed E-state index contributed by atoms with van der Waals surface area (Å²) in [5, 5.41) is 0. The highest BCUT2D eigenvalue weighted by molar-refractivity contribution is 5.54. The molecule has 1 saturated carbocycles. The zero-order valence-corrected chi connectivity index (χ0v) is 12.0. The lowest BCUT2D eigenvalue weighted by molar-refractivity contribution is 0.0818. The molecule has 20 heavy (non-hydrogen) atoms. The van der Waals surface area contributed by atoms with Crippen molar-refractivity contribution in [3.8, 4) is 5.88 Å². The zero-order chi connectivity index (χ0) is 13.9. The molecule has 1 saturated heterocycles. The Morgan fingerprint density at radius 2 is 2.00 bits per heavy atom. The Hall–Kier alpha value is -1.49. The first kappa shape index (κ1) is 13.5. The molecule has 0 spiro atoms. The zero-order valence-electron chi connectivity index (χ0n) is 12.0. The van der Waals surface area contributed by atoms with Crippen molar-refractivity contribution in [1.29, 1.82) is 0 Å². The molecule has 0 unspecified atom stereocenters. The standard InChI is InChI=1S/C15H23N3O2/c1-19-12-6-8-18(9-7-12)14-5-4-13(16)15(17-14)20-10-11-2-3-11/h4-5,11-12H,2-3,6-10,16H2,1H3. The molecular formula is C15H23N3O2. The minimum atomic E-state index is 0.380. The number of piperidine rings is 1. The van der Waals surface area contributed by atoms with Gasteiger partial charge in [0.25, 0.3) is 0 Å². The molecule has 0 radical (unpaired) electrons. The topological polar surface area (TPSA) is 60.6 Å². The summed E-state index contributed by atoms with van der Waals surface area (Å²) in [4.78, 5) is 6.86. The molecule has 5 nitrogen and oxygen atoms in total. The van der Waals surface area contributed by atoms with E-state index in [0.29, 0.717) is 23.6 Å². The van der Waals surface area contributed by atoms with E-state index in [1.165, 1.54) is 12.8 Å². The number of nitrogens with zero attached hydrogens (tertiary/aromatic N) is 2. The van der Waals surface area contributed by atoms with E-state index in [0.717, 1.165) is 38.4 Å². The number of methoxy groups -OCH3 is 1. The van der Waals surface area contributed by atoms with Crippen molar-refractivity contribution in [1.82, 2.24) is 4.98 Å². The Kier molecular flexibility index (Phi) is 3.96. The van der Waals surface area contributed by atoms with Gasteiger partial charge in [-0.2, -0.15) is 4.98 Å². The van der Waals surface area contributed by atoms with Crippen LogP contribution in [0.4, 0.5) is 11.5 Å². The second kappa shape index (κ2) is 5.87. The first-order valence-corrected chi connectivity index (χ1v) is 7.43. The SMILES string of the molecule is COC1CCN(c2ccc(N)c(OCC3CC3)n2)CC1. The van der Waals surface area contributed by atoms with Crippen LogP contribution >= 0.6 is 0 Å². The second-order valence-electron chi connectivity index (χ2n) is 5.74. The van der Waals surface area contributed by atoms with Crippen LogP contribution in [0.2, 0.25) is 0 Å². The predicted octanol–water partition coefficient (Wildman–Crippen LogP) is 2.07. The summed E-state index contributed by atoms with van der Waals surface area (Å²) in [7, 11) is 1.78. The Morgan fingerprint density at radius 1 is 1.25 bits per heavy atom. The summed E-state index contributed by atoms with van der Waals surface area (Å²) in [5.74, 6) is 2.25. The van der Waals surface area contributed by atoms with Gasteiger partial charge >= 0.3 is 0 Å².